The predicted molar refractivity (Wildman–Crippen MR) is 73.8 cm³/mol. The van der Waals surface area contributed by atoms with Crippen LogP contribution in [0.25, 0.3) is 0 Å². The van der Waals surface area contributed by atoms with Crippen molar-refractivity contribution in [3.63, 3.8) is 0 Å². The SMILES string of the molecule is CC(C)N1C(=O)SC(Nc2cccc(Cl)c2)C1=O. The smallest absolute Gasteiger partial charge is 0.291 e. The Hall–Kier alpha value is -1.20. The van der Waals surface area contributed by atoms with Crippen LogP contribution in [0.15, 0.2) is 24.3 Å². The largest absolute Gasteiger partial charge is 0.365 e. The zero-order chi connectivity index (χ0) is 13.3. The highest BCUT2D eigenvalue weighted by molar-refractivity contribution is 8.15. The molecule has 0 aromatic heterocycles. The standard InChI is InChI=1S/C12H13ClN2O2S/c1-7(2)15-11(16)10(18-12(15)17)14-9-5-3-4-8(13)6-9/h3-7,10,14H,1-2H3. The number of hydrogen-bond acceptors (Lipinski definition) is 4. The topological polar surface area (TPSA) is 49.4 Å². The third-order valence-corrected chi connectivity index (χ3v) is 3.70. The zero-order valence-corrected chi connectivity index (χ0v) is 11.6. The van der Waals surface area contributed by atoms with E-state index in [1.807, 2.05) is 19.9 Å². The van der Waals surface area contributed by atoms with Crippen molar-refractivity contribution in [2.45, 2.75) is 25.3 Å². The number of carbonyl (C=O) groups is 2. The lowest BCUT2D eigenvalue weighted by molar-refractivity contribution is -0.127. The maximum absolute atomic E-state index is 12.0. The van der Waals surface area contributed by atoms with Crippen molar-refractivity contribution in [2.75, 3.05) is 5.32 Å². The molecule has 0 spiro atoms. The van der Waals surface area contributed by atoms with E-state index >= 15 is 0 Å². The van der Waals surface area contributed by atoms with Crippen LogP contribution in [-0.2, 0) is 4.79 Å². The van der Waals surface area contributed by atoms with Gasteiger partial charge in [0.25, 0.3) is 11.1 Å². The second-order valence-electron chi connectivity index (χ2n) is 4.22. The lowest BCUT2D eigenvalue weighted by Crippen LogP contribution is -2.38. The molecule has 96 valence electrons. The van der Waals surface area contributed by atoms with Crippen molar-refractivity contribution in [2.24, 2.45) is 0 Å². The molecule has 0 saturated carbocycles. The first kappa shape index (κ1) is 13.2. The molecular weight excluding hydrogens is 272 g/mol. The Bertz CT molecular complexity index is 493. The van der Waals surface area contributed by atoms with Crippen LogP contribution >= 0.6 is 23.4 Å². The first-order chi connectivity index (χ1) is 8.49. The molecule has 0 aliphatic carbocycles. The molecule has 1 heterocycles. The van der Waals surface area contributed by atoms with E-state index in [1.54, 1.807) is 18.2 Å². The second kappa shape index (κ2) is 5.20. The summed E-state index contributed by atoms with van der Waals surface area (Å²) in [4.78, 5) is 25.0. The number of nitrogens with one attached hydrogen (secondary N) is 1. The van der Waals surface area contributed by atoms with Crippen molar-refractivity contribution < 1.29 is 9.59 Å². The van der Waals surface area contributed by atoms with Crippen LogP contribution in [0.3, 0.4) is 0 Å². The highest BCUT2D eigenvalue weighted by Crippen LogP contribution is 2.30. The van der Waals surface area contributed by atoms with E-state index in [4.69, 9.17) is 11.6 Å². The molecule has 1 aromatic carbocycles. The molecule has 1 aliphatic heterocycles. The van der Waals surface area contributed by atoms with Crippen LogP contribution in [0.1, 0.15) is 13.8 Å². The minimum absolute atomic E-state index is 0.122. The lowest BCUT2D eigenvalue weighted by atomic mass is 10.3. The molecule has 1 fully saturated rings. The van der Waals surface area contributed by atoms with E-state index in [0.29, 0.717) is 5.02 Å². The van der Waals surface area contributed by atoms with Gasteiger partial charge in [0, 0.05) is 16.8 Å². The summed E-state index contributed by atoms with van der Waals surface area (Å²) in [6.07, 6.45) is 0. The highest BCUT2D eigenvalue weighted by atomic mass is 35.5. The number of thioether (sulfide) groups is 1. The molecule has 1 aromatic rings. The molecule has 1 N–H and O–H groups in total. The molecule has 0 radical (unpaired) electrons. The lowest BCUT2D eigenvalue weighted by Gasteiger charge is -2.18. The van der Waals surface area contributed by atoms with E-state index in [2.05, 4.69) is 5.32 Å². The van der Waals surface area contributed by atoms with Gasteiger partial charge in [0.15, 0.2) is 5.37 Å². The van der Waals surface area contributed by atoms with Gasteiger partial charge in [-0.1, -0.05) is 17.7 Å². The Balaban J connectivity index is 2.12. The Kier molecular flexibility index (Phi) is 3.82. The average molecular weight is 285 g/mol. The van der Waals surface area contributed by atoms with Gasteiger partial charge in [-0.2, -0.15) is 0 Å². The van der Waals surface area contributed by atoms with Gasteiger partial charge >= 0.3 is 0 Å². The molecule has 1 aliphatic rings. The number of imide groups is 1. The summed E-state index contributed by atoms with van der Waals surface area (Å²) in [5.41, 5.74) is 0.728. The molecular formula is C12H13ClN2O2S. The first-order valence-electron chi connectivity index (χ1n) is 5.55. The first-order valence-corrected chi connectivity index (χ1v) is 6.80. The number of rotatable bonds is 3. The molecule has 2 rings (SSSR count). The summed E-state index contributed by atoms with van der Waals surface area (Å²) < 4.78 is 0. The van der Waals surface area contributed by atoms with Crippen LogP contribution in [0.4, 0.5) is 10.5 Å². The van der Waals surface area contributed by atoms with Crippen LogP contribution in [0, 0.1) is 0 Å². The zero-order valence-electron chi connectivity index (χ0n) is 10.0. The van der Waals surface area contributed by atoms with E-state index in [0.717, 1.165) is 17.4 Å². The highest BCUT2D eigenvalue weighted by Gasteiger charge is 2.40. The monoisotopic (exact) mass is 284 g/mol. The number of anilines is 1. The molecule has 0 bridgehead atoms. The number of amides is 2. The van der Waals surface area contributed by atoms with Gasteiger partial charge in [-0.15, -0.1) is 0 Å². The Morgan fingerprint density at radius 3 is 2.67 bits per heavy atom. The average Bonchev–Trinajstić information content (AvgIpc) is 2.54. The molecule has 4 nitrogen and oxygen atoms in total. The predicted octanol–water partition coefficient (Wildman–Crippen LogP) is 3.18. The summed E-state index contributed by atoms with van der Waals surface area (Å²) in [5.74, 6) is -0.208. The third-order valence-electron chi connectivity index (χ3n) is 2.52. The van der Waals surface area contributed by atoms with Crippen LogP contribution in [0.2, 0.25) is 5.02 Å². The van der Waals surface area contributed by atoms with Crippen molar-refractivity contribution >= 4 is 40.2 Å². The Labute approximate surface area is 115 Å². The van der Waals surface area contributed by atoms with Gasteiger partial charge < -0.3 is 5.32 Å². The fraction of sp³-hybridized carbons (Fsp3) is 0.333. The molecule has 1 saturated heterocycles. The van der Waals surface area contributed by atoms with Crippen molar-refractivity contribution in [3.8, 4) is 0 Å². The number of nitrogens with zero attached hydrogens (tertiary/aromatic N) is 1. The van der Waals surface area contributed by atoms with Crippen molar-refractivity contribution in [3.05, 3.63) is 29.3 Å². The number of carbonyl (C=O) groups excluding carboxylic acids is 2. The molecule has 1 atom stereocenters. The second-order valence-corrected chi connectivity index (χ2v) is 5.71. The minimum Gasteiger partial charge on any atom is -0.365 e. The van der Waals surface area contributed by atoms with Crippen LogP contribution in [-0.4, -0.2) is 27.5 Å². The summed E-state index contributed by atoms with van der Waals surface area (Å²) in [6, 6.07) is 6.95. The van der Waals surface area contributed by atoms with Gasteiger partial charge in [-0.05, 0) is 43.8 Å². The number of benzene rings is 1. The summed E-state index contributed by atoms with van der Waals surface area (Å²) in [5, 5.41) is 2.81. The Morgan fingerprint density at radius 1 is 1.39 bits per heavy atom. The van der Waals surface area contributed by atoms with Gasteiger partial charge in [-0.25, -0.2) is 0 Å². The van der Waals surface area contributed by atoms with Crippen molar-refractivity contribution in [1.29, 1.82) is 0 Å². The third kappa shape index (κ3) is 2.62. The Morgan fingerprint density at radius 2 is 2.11 bits per heavy atom. The van der Waals surface area contributed by atoms with Gasteiger partial charge in [0.1, 0.15) is 0 Å². The van der Waals surface area contributed by atoms with Gasteiger partial charge in [0.2, 0.25) is 0 Å². The minimum atomic E-state index is -0.571. The molecule has 1 unspecified atom stereocenters. The van der Waals surface area contributed by atoms with E-state index in [1.165, 1.54) is 4.90 Å². The van der Waals surface area contributed by atoms with Crippen molar-refractivity contribution in [1.82, 2.24) is 4.90 Å². The fourth-order valence-electron chi connectivity index (χ4n) is 1.71. The summed E-state index contributed by atoms with van der Waals surface area (Å²) in [7, 11) is 0. The number of halogens is 1. The molecule has 2 amide bonds. The summed E-state index contributed by atoms with van der Waals surface area (Å²) >= 11 is 6.86. The van der Waals surface area contributed by atoms with Gasteiger partial charge in [0.05, 0.1) is 0 Å². The van der Waals surface area contributed by atoms with E-state index in [-0.39, 0.29) is 17.2 Å². The van der Waals surface area contributed by atoms with Gasteiger partial charge in [-0.3, -0.25) is 14.5 Å². The maximum Gasteiger partial charge on any atom is 0.291 e. The fourth-order valence-corrected chi connectivity index (χ4v) is 2.93. The van der Waals surface area contributed by atoms with E-state index < -0.39 is 5.37 Å². The normalized spacial score (nSPS) is 19.8. The quantitative estimate of drug-likeness (QED) is 0.926. The molecule has 18 heavy (non-hydrogen) atoms. The maximum atomic E-state index is 12.0. The molecule has 6 heteroatoms. The summed E-state index contributed by atoms with van der Waals surface area (Å²) in [6.45, 7) is 3.64. The van der Waals surface area contributed by atoms with Crippen LogP contribution < -0.4 is 5.32 Å². The number of hydrogen-bond donors (Lipinski definition) is 1. The van der Waals surface area contributed by atoms with Crippen LogP contribution in [0.5, 0.6) is 0 Å². The van der Waals surface area contributed by atoms with E-state index in [9.17, 15) is 9.59 Å².